The Kier molecular flexibility index (Phi) is 2.64. The molecule has 20 heavy (non-hydrogen) atoms. The first-order chi connectivity index (χ1) is 9.81. The van der Waals surface area contributed by atoms with Gasteiger partial charge in [0.2, 0.25) is 0 Å². The molecule has 4 nitrogen and oxygen atoms in total. The first-order valence-electron chi connectivity index (χ1n) is 6.07. The van der Waals surface area contributed by atoms with Gasteiger partial charge in [0.25, 0.3) is 0 Å². The lowest BCUT2D eigenvalue weighted by atomic mass is 10.2. The lowest BCUT2D eigenvalue weighted by Crippen LogP contribution is -1.85. The number of hydrogen-bond acceptors (Lipinski definition) is 5. The second-order valence-corrected chi connectivity index (χ2v) is 6.26. The van der Waals surface area contributed by atoms with Crippen molar-refractivity contribution in [1.29, 1.82) is 0 Å². The third kappa shape index (κ3) is 1.85. The molecule has 0 N–H and O–H groups in total. The summed E-state index contributed by atoms with van der Waals surface area (Å²) in [6, 6.07) is 4.17. The van der Waals surface area contributed by atoms with Crippen molar-refractivity contribution < 1.29 is 0 Å². The maximum Gasteiger partial charge on any atom is 0.0904 e. The van der Waals surface area contributed by atoms with E-state index < -0.39 is 0 Å². The van der Waals surface area contributed by atoms with E-state index in [2.05, 4.69) is 21.5 Å². The number of thiophene rings is 1. The van der Waals surface area contributed by atoms with Crippen molar-refractivity contribution in [1.82, 2.24) is 19.7 Å². The highest BCUT2D eigenvalue weighted by Crippen LogP contribution is 2.35. The van der Waals surface area contributed by atoms with Crippen molar-refractivity contribution in [2.75, 3.05) is 0 Å². The summed E-state index contributed by atoms with van der Waals surface area (Å²) in [5.41, 5.74) is 6.05. The summed E-state index contributed by atoms with van der Waals surface area (Å²) in [5.74, 6) is 0. The second-order valence-electron chi connectivity index (χ2n) is 4.46. The van der Waals surface area contributed by atoms with E-state index in [0.29, 0.717) is 0 Å². The highest BCUT2D eigenvalue weighted by molar-refractivity contribution is 7.18. The molecule has 0 amide bonds. The monoisotopic (exact) mass is 298 g/mol. The first-order valence-corrected chi connectivity index (χ1v) is 7.83. The number of rotatable bonds is 2. The summed E-state index contributed by atoms with van der Waals surface area (Å²) in [4.78, 5) is 10.1. The number of hydrogen-bond donors (Lipinski definition) is 0. The third-order valence-corrected chi connectivity index (χ3v) is 4.86. The Morgan fingerprint density at radius 3 is 2.85 bits per heavy atom. The fourth-order valence-corrected chi connectivity index (χ4v) is 3.76. The van der Waals surface area contributed by atoms with Crippen LogP contribution in [0.1, 0.15) is 0 Å². The summed E-state index contributed by atoms with van der Waals surface area (Å²) >= 11 is 3.36. The predicted octanol–water partition coefficient (Wildman–Crippen LogP) is 3.82. The molecule has 0 aromatic carbocycles. The van der Waals surface area contributed by atoms with Crippen LogP contribution in [0.2, 0.25) is 0 Å². The van der Waals surface area contributed by atoms with Gasteiger partial charge < -0.3 is 0 Å². The molecular weight excluding hydrogens is 288 g/mol. The maximum absolute atomic E-state index is 4.81. The molecule has 4 aromatic rings. The molecule has 0 aliphatic heterocycles. The molecule has 0 spiro atoms. The minimum Gasteiger partial charge on any atom is -0.275 e. The standard InChI is InChI=1S/C14H10N4S2/c1-18-6-9(4-16-18)11-2-3-12-14(17-11)10(7-19-12)13-5-15-8-20-13/h2-8H,1H3. The van der Waals surface area contributed by atoms with Crippen LogP contribution in [-0.2, 0) is 7.05 Å². The average Bonchev–Trinajstić information content (AvgIpc) is 3.17. The number of nitrogens with zero attached hydrogens (tertiary/aromatic N) is 4. The van der Waals surface area contributed by atoms with Crippen LogP contribution in [0.15, 0.2) is 41.6 Å². The molecule has 0 aliphatic rings. The van der Waals surface area contributed by atoms with Gasteiger partial charge in [-0.2, -0.15) is 5.10 Å². The van der Waals surface area contributed by atoms with E-state index in [1.54, 1.807) is 27.4 Å². The Balaban J connectivity index is 1.92. The van der Waals surface area contributed by atoms with Crippen molar-refractivity contribution >= 4 is 32.9 Å². The summed E-state index contributed by atoms with van der Waals surface area (Å²) in [6.07, 6.45) is 5.71. The summed E-state index contributed by atoms with van der Waals surface area (Å²) in [5, 5.41) is 6.36. The van der Waals surface area contributed by atoms with E-state index in [1.165, 1.54) is 10.3 Å². The maximum atomic E-state index is 4.81. The summed E-state index contributed by atoms with van der Waals surface area (Å²) in [7, 11) is 1.91. The highest BCUT2D eigenvalue weighted by atomic mass is 32.1. The van der Waals surface area contributed by atoms with Crippen LogP contribution in [0.4, 0.5) is 0 Å². The molecule has 0 radical (unpaired) electrons. The number of thiazole rings is 1. The number of aromatic nitrogens is 4. The topological polar surface area (TPSA) is 43.6 Å². The van der Waals surface area contributed by atoms with Gasteiger partial charge in [-0.3, -0.25) is 9.67 Å². The second kappa shape index (κ2) is 4.50. The van der Waals surface area contributed by atoms with Crippen LogP contribution in [0.3, 0.4) is 0 Å². The van der Waals surface area contributed by atoms with Gasteiger partial charge >= 0.3 is 0 Å². The van der Waals surface area contributed by atoms with E-state index in [4.69, 9.17) is 4.98 Å². The average molecular weight is 298 g/mol. The molecular formula is C14H10N4S2. The highest BCUT2D eigenvalue weighted by Gasteiger charge is 2.11. The fraction of sp³-hybridized carbons (Fsp3) is 0.0714. The molecule has 0 saturated heterocycles. The quantitative estimate of drug-likeness (QED) is 0.565. The molecule has 4 aromatic heterocycles. The van der Waals surface area contributed by atoms with Crippen molar-refractivity contribution in [2.45, 2.75) is 0 Å². The molecule has 98 valence electrons. The van der Waals surface area contributed by atoms with Crippen LogP contribution >= 0.6 is 22.7 Å². The van der Waals surface area contributed by atoms with Crippen molar-refractivity contribution in [3.63, 3.8) is 0 Å². The zero-order chi connectivity index (χ0) is 13.5. The molecule has 6 heteroatoms. The van der Waals surface area contributed by atoms with Crippen LogP contribution in [0, 0.1) is 0 Å². The molecule has 4 rings (SSSR count). The van der Waals surface area contributed by atoms with Gasteiger partial charge in [-0.15, -0.1) is 22.7 Å². The van der Waals surface area contributed by atoms with E-state index in [0.717, 1.165) is 21.7 Å². The zero-order valence-corrected chi connectivity index (χ0v) is 12.3. The summed E-state index contributed by atoms with van der Waals surface area (Å²) < 4.78 is 2.99. The minimum atomic E-state index is 0.953. The van der Waals surface area contributed by atoms with Gasteiger partial charge in [0, 0.05) is 35.9 Å². The van der Waals surface area contributed by atoms with Gasteiger partial charge in [-0.05, 0) is 12.1 Å². The minimum absolute atomic E-state index is 0.953. The Morgan fingerprint density at radius 2 is 2.10 bits per heavy atom. The molecule has 0 saturated carbocycles. The Morgan fingerprint density at radius 1 is 1.15 bits per heavy atom. The largest absolute Gasteiger partial charge is 0.275 e. The predicted molar refractivity (Wildman–Crippen MR) is 82.9 cm³/mol. The number of pyridine rings is 1. The van der Waals surface area contributed by atoms with Crippen molar-refractivity contribution in [3.8, 4) is 21.7 Å². The van der Waals surface area contributed by atoms with Gasteiger partial charge in [0.15, 0.2) is 0 Å². The van der Waals surface area contributed by atoms with Crippen LogP contribution in [0.25, 0.3) is 31.9 Å². The molecule has 0 bridgehead atoms. The van der Waals surface area contributed by atoms with E-state index in [9.17, 15) is 0 Å². The van der Waals surface area contributed by atoms with Gasteiger partial charge in [-0.1, -0.05) is 0 Å². The Labute approximate surface area is 123 Å². The number of aryl methyl sites for hydroxylation is 1. The SMILES string of the molecule is Cn1cc(-c2ccc3scc(-c4cncs4)c3n2)cn1. The Bertz CT molecular complexity index is 874. The Hall–Kier alpha value is -2.05. The van der Waals surface area contributed by atoms with Gasteiger partial charge in [0.05, 0.1) is 32.5 Å². The lowest BCUT2D eigenvalue weighted by Gasteiger charge is -1.99. The van der Waals surface area contributed by atoms with Gasteiger partial charge in [-0.25, -0.2) is 4.98 Å². The van der Waals surface area contributed by atoms with E-state index in [1.807, 2.05) is 37.2 Å². The van der Waals surface area contributed by atoms with Crippen LogP contribution in [0.5, 0.6) is 0 Å². The molecule has 0 atom stereocenters. The first kappa shape index (κ1) is 11.7. The third-order valence-electron chi connectivity index (χ3n) is 3.12. The van der Waals surface area contributed by atoms with Crippen molar-refractivity contribution in [3.05, 3.63) is 41.6 Å². The van der Waals surface area contributed by atoms with Gasteiger partial charge in [0.1, 0.15) is 0 Å². The van der Waals surface area contributed by atoms with Crippen molar-refractivity contribution in [2.24, 2.45) is 7.05 Å². The van der Waals surface area contributed by atoms with Crippen LogP contribution in [-0.4, -0.2) is 19.7 Å². The summed E-state index contributed by atoms with van der Waals surface area (Å²) in [6.45, 7) is 0. The lowest BCUT2D eigenvalue weighted by molar-refractivity contribution is 0.768. The molecule has 0 fully saturated rings. The van der Waals surface area contributed by atoms with E-state index >= 15 is 0 Å². The smallest absolute Gasteiger partial charge is 0.0904 e. The van der Waals surface area contributed by atoms with E-state index in [-0.39, 0.29) is 0 Å². The van der Waals surface area contributed by atoms with Crippen LogP contribution < -0.4 is 0 Å². The normalized spacial score (nSPS) is 11.2. The molecule has 4 heterocycles. The zero-order valence-electron chi connectivity index (χ0n) is 10.6. The molecule has 0 aliphatic carbocycles. The molecule has 0 unspecified atom stereocenters. The number of fused-ring (bicyclic) bond motifs is 1. The fourth-order valence-electron chi connectivity index (χ4n) is 2.15.